The molecule has 10 heavy (non-hydrogen) atoms. The van der Waals surface area contributed by atoms with Gasteiger partial charge in [0.05, 0.1) is 6.61 Å². The van der Waals surface area contributed by atoms with Gasteiger partial charge in [0.1, 0.15) is 5.60 Å². The molecule has 1 atom stereocenters. The Bertz CT molecular complexity index is 122. The van der Waals surface area contributed by atoms with Crippen LogP contribution < -0.4 is 0 Å². The van der Waals surface area contributed by atoms with Gasteiger partial charge in [-0.05, 0) is 13.3 Å². The van der Waals surface area contributed by atoms with Gasteiger partial charge in [0, 0.05) is 0 Å². The van der Waals surface area contributed by atoms with Crippen molar-refractivity contribution in [1.29, 1.82) is 0 Å². The van der Waals surface area contributed by atoms with E-state index in [9.17, 15) is 9.90 Å². The standard InChI is InChI=1S/C7H14O3/c1-3-4-7(10,5-8)6(2)9/h8,10H,3-5H2,1-2H3. The lowest BCUT2D eigenvalue weighted by Crippen LogP contribution is -2.40. The van der Waals surface area contributed by atoms with Gasteiger partial charge in [-0.15, -0.1) is 0 Å². The zero-order chi connectivity index (χ0) is 8.20. The van der Waals surface area contributed by atoms with E-state index in [0.29, 0.717) is 12.8 Å². The number of Topliss-reactive ketones (excluding diaryl/α,β-unsaturated/α-hetero) is 1. The largest absolute Gasteiger partial charge is 0.393 e. The van der Waals surface area contributed by atoms with Gasteiger partial charge >= 0.3 is 0 Å². The molecule has 0 radical (unpaired) electrons. The lowest BCUT2D eigenvalue weighted by molar-refractivity contribution is -0.140. The molecule has 0 heterocycles. The third-order valence-electron chi connectivity index (χ3n) is 1.58. The summed E-state index contributed by atoms with van der Waals surface area (Å²) in [5, 5.41) is 17.9. The maximum Gasteiger partial charge on any atom is 0.163 e. The molecule has 0 amide bonds. The molecule has 0 aliphatic heterocycles. The van der Waals surface area contributed by atoms with Crippen molar-refractivity contribution >= 4 is 5.78 Å². The summed E-state index contributed by atoms with van der Waals surface area (Å²) in [6.45, 7) is 2.66. The number of hydrogen-bond donors (Lipinski definition) is 2. The normalized spacial score (nSPS) is 16.4. The smallest absolute Gasteiger partial charge is 0.163 e. The number of rotatable bonds is 4. The first kappa shape index (κ1) is 9.59. The van der Waals surface area contributed by atoms with Crippen molar-refractivity contribution in [3.63, 3.8) is 0 Å². The topological polar surface area (TPSA) is 57.5 Å². The SMILES string of the molecule is CCCC(O)(CO)C(C)=O. The zero-order valence-electron chi connectivity index (χ0n) is 6.42. The fourth-order valence-electron chi connectivity index (χ4n) is 0.780. The maximum absolute atomic E-state index is 10.7. The summed E-state index contributed by atoms with van der Waals surface area (Å²) in [5.41, 5.74) is -1.49. The number of aliphatic hydroxyl groups is 2. The minimum Gasteiger partial charge on any atom is -0.393 e. The Kier molecular flexibility index (Phi) is 3.53. The number of carbonyl (C=O) groups is 1. The van der Waals surface area contributed by atoms with Crippen molar-refractivity contribution in [1.82, 2.24) is 0 Å². The fourth-order valence-corrected chi connectivity index (χ4v) is 0.780. The van der Waals surface area contributed by atoms with Crippen molar-refractivity contribution in [3.05, 3.63) is 0 Å². The molecular formula is C7H14O3. The van der Waals surface area contributed by atoms with Crippen LogP contribution in [0.25, 0.3) is 0 Å². The predicted octanol–water partition coefficient (Wildman–Crippen LogP) is 0.0989. The van der Waals surface area contributed by atoms with Crippen molar-refractivity contribution in [2.75, 3.05) is 6.61 Å². The molecule has 0 aromatic heterocycles. The minimum atomic E-state index is -1.49. The summed E-state index contributed by atoms with van der Waals surface area (Å²) in [7, 11) is 0. The molecule has 2 N–H and O–H groups in total. The first-order valence-electron chi connectivity index (χ1n) is 3.41. The molecule has 0 spiro atoms. The number of aliphatic hydroxyl groups excluding tert-OH is 1. The summed E-state index contributed by atoms with van der Waals surface area (Å²) >= 11 is 0. The highest BCUT2D eigenvalue weighted by Crippen LogP contribution is 2.12. The minimum absolute atomic E-state index is 0.332. The summed E-state index contributed by atoms with van der Waals surface area (Å²) in [4.78, 5) is 10.7. The van der Waals surface area contributed by atoms with Gasteiger partial charge in [-0.1, -0.05) is 13.3 Å². The zero-order valence-corrected chi connectivity index (χ0v) is 6.42. The molecule has 0 rings (SSSR count). The highest BCUT2D eigenvalue weighted by Gasteiger charge is 2.29. The third kappa shape index (κ3) is 2.08. The Hall–Kier alpha value is -0.410. The lowest BCUT2D eigenvalue weighted by Gasteiger charge is -2.21. The predicted molar refractivity (Wildman–Crippen MR) is 37.6 cm³/mol. The van der Waals surface area contributed by atoms with Crippen LogP contribution in [0.3, 0.4) is 0 Å². The maximum atomic E-state index is 10.7. The summed E-state index contributed by atoms with van der Waals surface area (Å²) in [6.07, 6.45) is 1.02. The third-order valence-corrected chi connectivity index (χ3v) is 1.58. The van der Waals surface area contributed by atoms with Crippen molar-refractivity contribution < 1.29 is 15.0 Å². The van der Waals surface area contributed by atoms with Crippen LogP contribution in [0.2, 0.25) is 0 Å². The molecule has 60 valence electrons. The second-order valence-corrected chi connectivity index (χ2v) is 2.50. The van der Waals surface area contributed by atoms with E-state index in [1.54, 1.807) is 0 Å². The van der Waals surface area contributed by atoms with Gasteiger partial charge in [0.15, 0.2) is 5.78 Å². The molecule has 3 heteroatoms. The number of ketones is 1. The van der Waals surface area contributed by atoms with Gasteiger partial charge in [0.25, 0.3) is 0 Å². The lowest BCUT2D eigenvalue weighted by atomic mass is 9.95. The van der Waals surface area contributed by atoms with Gasteiger partial charge < -0.3 is 10.2 Å². The van der Waals surface area contributed by atoms with Gasteiger partial charge in [0.2, 0.25) is 0 Å². The highest BCUT2D eigenvalue weighted by molar-refractivity contribution is 5.84. The molecule has 0 aromatic rings. The molecule has 0 fully saturated rings. The average Bonchev–Trinajstić information content (AvgIpc) is 1.88. The molecule has 3 nitrogen and oxygen atoms in total. The van der Waals surface area contributed by atoms with E-state index in [-0.39, 0.29) is 5.78 Å². The van der Waals surface area contributed by atoms with E-state index in [4.69, 9.17) is 5.11 Å². The van der Waals surface area contributed by atoms with Gasteiger partial charge in [-0.2, -0.15) is 0 Å². The van der Waals surface area contributed by atoms with Crippen molar-refractivity contribution in [3.8, 4) is 0 Å². The van der Waals surface area contributed by atoms with Gasteiger partial charge in [-0.3, -0.25) is 4.79 Å². The summed E-state index contributed by atoms with van der Waals surface area (Å²) in [5.74, 6) is -0.364. The van der Waals surface area contributed by atoms with Crippen LogP contribution >= 0.6 is 0 Å². The Morgan fingerprint density at radius 1 is 1.60 bits per heavy atom. The van der Waals surface area contributed by atoms with Crippen LogP contribution in [-0.4, -0.2) is 28.2 Å². The Labute approximate surface area is 60.7 Å². The molecule has 0 bridgehead atoms. The molecule has 0 aromatic carbocycles. The van der Waals surface area contributed by atoms with E-state index in [0.717, 1.165) is 0 Å². The second-order valence-electron chi connectivity index (χ2n) is 2.50. The molecule has 0 aliphatic carbocycles. The molecule has 0 saturated carbocycles. The Morgan fingerprint density at radius 3 is 2.20 bits per heavy atom. The summed E-state index contributed by atoms with van der Waals surface area (Å²) in [6, 6.07) is 0. The van der Waals surface area contributed by atoms with E-state index in [1.165, 1.54) is 6.92 Å². The van der Waals surface area contributed by atoms with Crippen molar-refractivity contribution in [2.24, 2.45) is 0 Å². The van der Waals surface area contributed by atoms with Crippen LogP contribution in [0.4, 0.5) is 0 Å². The molecular weight excluding hydrogens is 132 g/mol. The van der Waals surface area contributed by atoms with Crippen LogP contribution in [-0.2, 0) is 4.79 Å². The fraction of sp³-hybridized carbons (Fsp3) is 0.857. The number of hydrogen-bond acceptors (Lipinski definition) is 3. The highest BCUT2D eigenvalue weighted by atomic mass is 16.3. The first-order chi connectivity index (χ1) is 4.56. The molecule has 1 unspecified atom stereocenters. The molecule has 0 aliphatic rings. The van der Waals surface area contributed by atoms with Crippen LogP contribution in [0.1, 0.15) is 26.7 Å². The van der Waals surface area contributed by atoms with Crippen LogP contribution in [0, 0.1) is 0 Å². The van der Waals surface area contributed by atoms with Crippen LogP contribution in [0.15, 0.2) is 0 Å². The van der Waals surface area contributed by atoms with Gasteiger partial charge in [-0.25, -0.2) is 0 Å². The average molecular weight is 146 g/mol. The molecule has 0 saturated heterocycles. The second kappa shape index (κ2) is 3.68. The number of carbonyl (C=O) groups excluding carboxylic acids is 1. The monoisotopic (exact) mass is 146 g/mol. The Morgan fingerprint density at radius 2 is 2.10 bits per heavy atom. The summed E-state index contributed by atoms with van der Waals surface area (Å²) < 4.78 is 0. The van der Waals surface area contributed by atoms with Crippen LogP contribution in [0.5, 0.6) is 0 Å². The van der Waals surface area contributed by atoms with E-state index in [2.05, 4.69) is 0 Å². The first-order valence-corrected chi connectivity index (χ1v) is 3.41. The van der Waals surface area contributed by atoms with Crippen molar-refractivity contribution in [2.45, 2.75) is 32.3 Å². The van der Waals surface area contributed by atoms with E-state index in [1.807, 2.05) is 6.92 Å². The van der Waals surface area contributed by atoms with E-state index < -0.39 is 12.2 Å². The quantitative estimate of drug-likeness (QED) is 0.591. The Balaban J connectivity index is 4.08. The van der Waals surface area contributed by atoms with E-state index >= 15 is 0 Å².